The fourth-order valence-electron chi connectivity index (χ4n) is 1.74. The summed E-state index contributed by atoms with van der Waals surface area (Å²) in [5.41, 5.74) is 0. The molecule has 6 heteroatoms. The molecule has 0 radical (unpaired) electrons. The number of nitrogens with zero attached hydrogens (tertiary/aromatic N) is 4. The van der Waals surface area contributed by atoms with Crippen molar-refractivity contribution in [2.24, 2.45) is 11.0 Å². The third kappa shape index (κ3) is 3.08. The Morgan fingerprint density at radius 1 is 1.56 bits per heavy atom. The molecule has 1 unspecified atom stereocenters. The highest BCUT2D eigenvalue weighted by molar-refractivity contribution is 5.55. The van der Waals surface area contributed by atoms with Crippen LogP contribution in [0.15, 0.2) is 5.10 Å². The first-order chi connectivity index (χ1) is 7.56. The summed E-state index contributed by atoms with van der Waals surface area (Å²) >= 11 is 0. The molecule has 1 rings (SSSR count). The van der Waals surface area contributed by atoms with E-state index in [0.717, 1.165) is 30.8 Å². The quantitative estimate of drug-likeness (QED) is 0.514. The molecule has 0 amide bonds. The molecule has 0 aromatic rings. The summed E-state index contributed by atoms with van der Waals surface area (Å²) in [4.78, 5) is 10.8. The molecule has 16 heavy (non-hydrogen) atoms. The number of hydrazine groups is 1. The first-order valence-electron chi connectivity index (χ1n) is 5.79. The van der Waals surface area contributed by atoms with Gasteiger partial charge >= 0.3 is 0 Å². The maximum absolute atomic E-state index is 10.8. The van der Waals surface area contributed by atoms with E-state index in [4.69, 9.17) is 0 Å². The van der Waals surface area contributed by atoms with Gasteiger partial charge in [-0.15, -0.1) is 0 Å². The Hall–Kier alpha value is -1.33. The summed E-state index contributed by atoms with van der Waals surface area (Å²) in [5, 5.41) is 17.5. The first kappa shape index (κ1) is 12.7. The highest BCUT2D eigenvalue weighted by Gasteiger charge is 2.35. The average Bonchev–Trinajstić information content (AvgIpc) is 2.57. The molecule has 1 heterocycles. The predicted octanol–water partition coefficient (Wildman–Crippen LogP) is 1.91. The van der Waals surface area contributed by atoms with Gasteiger partial charge in [0.15, 0.2) is 17.5 Å². The lowest BCUT2D eigenvalue weighted by Gasteiger charge is -2.25. The Bertz CT molecular complexity index is 268. The van der Waals surface area contributed by atoms with E-state index < -0.39 is 0 Å². The molecule has 1 atom stereocenters. The van der Waals surface area contributed by atoms with Crippen LogP contribution in [0.2, 0.25) is 0 Å². The summed E-state index contributed by atoms with van der Waals surface area (Å²) < 4.78 is 0. The molecule has 0 saturated carbocycles. The van der Waals surface area contributed by atoms with Crippen LogP contribution in [0.5, 0.6) is 0 Å². The Labute approximate surface area is 96.0 Å². The van der Waals surface area contributed by atoms with Gasteiger partial charge in [0.05, 0.1) is 0 Å². The second kappa shape index (κ2) is 5.67. The lowest BCUT2D eigenvalue weighted by Crippen LogP contribution is -2.43. The van der Waals surface area contributed by atoms with Crippen LogP contribution < -0.4 is 0 Å². The maximum atomic E-state index is 10.8. The normalized spacial score (nSPS) is 19.9. The van der Waals surface area contributed by atoms with E-state index in [1.165, 1.54) is 6.34 Å². The maximum Gasteiger partial charge on any atom is 0.183 e. The number of unbranched alkanes of at least 4 members (excludes halogenated alkanes) is 1. The van der Waals surface area contributed by atoms with E-state index in [9.17, 15) is 10.1 Å². The van der Waals surface area contributed by atoms with Crippen molar-refractivity contribution < 1.29 is 5.03 Å². The molecule has 6 nitrogen and oxygen atoms in total. The van der Waals surface area contributed by atoms with Crippen LogP contribution in [0.4, 0.5) is 0 Å². The first-order valence-corrected chi connectivity index (χ1v) is 5.79. The van der Waals surface area contributed by atoms with Crippen LogP contribution in [0.25, 0.3) is 0 Å². The molecule has 0 spiro atoms. The molecule has 0 aliphatic carbocycles. The Morgan fingerprint density at radius 3 is 2.75 bits per heavy atom. The Morgan fingerprint density at radius 2 is 2.25 bits per heavy atom. The van der Waals surface area contributed by atoms with Crippen LogP contribution in [-0.4, -0.2) is 34.1 Å². The number of hydrogen-bond donors (Lipinski definition) is 0. The standard InChI is InChI=1S/C10H20N4O2/c1-4-5-6-12-10(7-9(2)3)13(8-11-12)14(15)16/h8-10H,4-7H2,1-3H3. The molecule has 0 saturated heterocycles. The smallest absolute Gasteiger partial charge is 0.183 e. The minimum absolute atomic E-state index is 0.221. The molecular formula is C10H20N4O2. The Balaban J connectivity index is 2.63. The molecule has 0 bridgehead atoms. The summed E-state index contributed by atoms with van der Waals surface area (Å²) in [5.74, 6) is 0.415. The van der Waals surface area contributed by atoms with Gasteiger partial charge in [0, 0.05) is 6.54 Å². The Kier molecular flexibility index (Phi) is 4.52. The van der Waals surface area contributed by atoms with Crippen LogP contribution in [0, 0.1) is 16.0 Å². The molecule has 1 aliphatic heterocycles. The zero-order valence-corrected chi connectivity index (χ0v) is 10.2. The number of rotatable bonds is 6. The van der Waals surface area contributed by atoms with Gasteiger partial charge < -0.3 is 0 Å². The van der Waals surface area contributed by atoms with Gasteiger partial charge in [-0.25, -0.2) is 10.1 Å². The predicted molar refractivity (Wildman–Crippen MR) is 62.2 cm³/mol. The van der Waals surface area contributed by atoms with Crippen molar-refractivity contribution in [2.45, 2.75) is 46.2 Å². The molecule has 0 aromatic carbocycles. The zero-order valence-electron chi connectivity index (χ0n) is 10.2. The fraction of sp³-hybridized carbons (Fsp3) is 0.900. The molecule has 0 fully saturated rings. The summed E-state index contributed by atoms with van der Waals surface area (Å²) in [6, 6.07) is 0. The van der Waals surface area contributed by atoms with Gasteiger partial charge in [-0.3, -0.25) is 5.01 Å². The topological polar surface area (TPSA) is 62.0 Å². The minimum atomic E-state index is -0.386. The molecule has 0 aromatic heterocycles. The van der Waals surface area contributed by atoms with Crippen LogP contribution in [0.3, 0.4) is 0 Å². The van der Waals surface area contributed by atoms with Crippen molar-refractivity contribution in [3.8, 4) is 0 Å². The van der Waals surface area contributed by atoms with Gasteiger partial charge in [-0.1, -0.05) is 32.2 Å². The monoisotopic (exact) mass is 228 g/mol. The van der Waals surface area contributed by atoms with Crippen molar-refractivity contribution in [1.82, 2.24) is 10.0 Å². The second-order valence-corrected chi connectivity index (χ2v) is 4.48. The lowest BCUT2D eigenvalue weighted by atomic mass is 10.1. The fourth-order valence-corrected chi connectivity index (χ4v) is 1.74. The third-order valence-electron chi connectivity index (χ3n) is 2.58. The summed E-state index contributed by atoms with van der Waals surface area (Å²) in [6.07, 6.45) is 3.94. The van der Waals surface area contributed by atoms with Crippen LogP contribution in [-0.2, 0) is 0 Å². The number of nitro groups is 1. The van der Waals surface area contributed by atoms with E-state index in [1.54, 1.807) is 0 Å². The van der Waals surface area contributed by atoms with E-state index in [1.807, 2.05) is 5.01 Å². The second-order valence-electron chi connectivity index (χ2n) is 4.48. The third-order valence-corrected chi connectivity index (χ3v) is 2.58. The van der Waals surface area contributed by atoms with Gasteiger partial charge in [0.25, 0.3) is 0 Å². The van der Waals surface area contributed by atoms with Gasteiger partial charge in [-0.05, 0) is 18.8 Å². The SMILES string of the molecule is CCCCN1N=CN([N+](=O)[O-])C1CC(C)C. The average molecular weight is 228 g/mol. The van der Waals surface area contributed by atoms with Gasteiger partial charge in [0.2, 0.25) is 0 Å². The molecule has 0 N–H and O–H groups in total. The van der Waals surface area contributed by atoms with Crippen molar-refractivity contribution in [3.05, 3.63) is 10.1 Å². The largest absolute Gasteiger partial charge is 0.267 e. The van der Waals surface area contributed by atoms with E-state index in [0.29, 0.717) is 5.92 Å². The number of hydrazone groups is 1. The van der Waals surface area contributed by atoms with E-state index in [-0.39, 0.29) is 11.2 Å². The molecule has 92 valence electrons. The van der Waals surface area contributed by atoms with Crippen molar-refractivity contribution in [1.29, 1.82) is 0 Å². The summed E-state index contributed by atoms with van der Waals surface area (Å²) in [7, 11) is 0. The van der Waals surface area contributed by atoms with Crippen LogP contribution >= 0.6 is 0 Å². The number of hydrogen-bond acceptors (Lipinski definition) is 4. The minimum Gasteiger partial charge on any atom is -0.267 e. The molecular weight excluding hydrogens is 208 g/mol. The van der Waals surface area contributed by atoms with E-state index in [2.05, 4.69) is 25.9 Å². The van der Waals surface area contributed by atoms with Crippen molar-refractivity contribution in [3.63, 3.8) is 0 Å². The summed E-state index contributed by atoms with van der Waals surface area (Å²) in [6.45, 7) is 7.01. The highest BCUT2D eigenvalue weighted by atomic mass is 16.7. The molecule has 1 aliphatic rings. The van der Waals surface area contributed by atoms with Gasteiger partial charge in [0.1, 0.15) is 0 Å². The highest BCUT2D eigenvalue weighted by Crippen LogP contribution is 2.20. The van der Waals surface area contributed by atoms with Crippen LogP contribution in [0.1, 0.15) is 40.0 Å². The van der Waals surface area contributed by atoms with Crippen molar-refractivity contribution >= 4 is 6.34 Å². The van der Waals surface area contributed by atoms with Crippen molar-refractivity contribution in [2.75, 3.05) is 6.54 Å². The zero-order chi connectivity index (χ0) is 12.1. The van der Waals surface area contributed by atoms with E-state index >= 15 is 0 Å². The lowest BCUT2D eigenvalue weighted by molar-refractivity contribution is -0.638. The van der Waals surface area contributed by atoms with Gasteiger partial charge in [-0.2, -0.15) is 5.10 Å².